The van der Waals surface area contributed by atoms with Crippen molar-refractivity contribution < 1.29 is 4.74 Å². The predicted octanol–water partition coefficient (Wildman–Crippen LogP) is 4.88. The van der Waals surface area contributed by atoms with Crippen LogP contribution in [0.2, 0.25) is 5.02 Å². The van der Waals surface area contributed by atoms with Crippen molar-refractivity contribution in [1.82, 2.24) is 0 Å². The van der Waals surface area contributed by atoms with Crippen LogP contribution in [-0.4, -0.2) is 25.4 Å². The highest BCUT2D eigenvalue weighted by molar-refractivity contribution is 14.0. The minimum atomic E-state index is 0. The fourth-order valence-electron chi connectivity index (χ4n) is 1.90. The van der Waals surface area contributed by atoms with Crippen molar-refractivity contribution in [3.8, 4) is 5.75 Å². The smallest absolute Gasteiger partial charge is 0.193 e. The topological polar surface area (TPSA) is 59.6 Å². The number of hydrogen-bond donors (Lipinski definition) is 2. The summed E-state index contributed by atoms with van der Waals surface area (Å²) in [6.45, 7) is 0.683. The molecule has 7 heteroatoms. The van der Waals surface area contributed by atoms with E-state index in [1.165, 1.54) is 4.90 Å². The highest BCUT2D eigenvalue weighted by atomic mass is 127. The molecule has 0 atom stereocenters. The second kappa shape index (κ2) is 11.4. The number of nitrogens with zero attached hydrogens (tertiary/aromatic N) is 1. The van der Waals surface area contributed by atoms with Crippen molar-refractivity contribution >= 4 is 59.0 Å². The van der Waals surface area contributed by atoms with E-state index in [0.717, 1.165) is 17.9 Å². The number of hydrogen-bond acceptors (Lipinski definition) is 3. The third-order valence-electron chi connectivity index (χ3n) is 3.02. The molecule has 0 bridgehead atoms. The molecule has 0 aliphatic rings. The number of rotatable bonds is 7. The maximum Gasteiger partial charge on any atom is 0.193 e. The summed E-state index contributed by atoms with van der Waals surface area (Å²) in [5, 5.41) is 3.56. The molecule has 0 heterocycles. The first-order valence-electron chi connectivity index (χ1n) is 7.27. The maximum absolute atomic E-state index is 6.07. The van der Waals surface area contributed by atoms with Crippen LogP contribution in [0.15, 0.2) is 58.4 Å². The summed E-state index contributed by atoms with van der Waals surface area (Å²) < 4.78 is 5.11. The third-order valence-corrected chi connectivity index (χ3v) is 4.41. The van der Waals surface area contributed by atoms with E-state index in [0.29, 0.717) is 23.3 Å². The Morgan fingerprint density at radius 2 is 2.00 bits per heavy atom. The van der Waals surface area contributed by atoms with E-state index >= 15 is 0 Å². The molecule has 0 saturated heterocycles. The average Bonchev–Trinajstić information content (AvgIpc) is 2.56. The van der Waals surface area contributed by atoms with E-state index < -0.39 is 0 Å². The van der Waals surface area contributed by atoms with Gasteiger partial charge in [0.05, 0.1) is 12.1 Å². The van der Waals surface area contributed by atoms with Crippen molar-refractivity contribution in [2.24, 2.45) is 10.7 Å². The summed E-state index contributed by atoms with van der Waals surface area (Å²) in [7, 11) is 1.58. The third kappa shape index (κ3) is 7.19. The Bertz CT molecular complexity index is 656. The zero-order chi connectivity index (χ0) is 16.5. The monoisotopic (exact) mass is 477 g/mol. The summed E-state index contributed by atoms with van der Waals surface area (Å²) in [6.07, 6.45) is 0.964. The van der Waals surface area contributed by atoms with Gasteiger partial charge in [-0.1, -0.05) is 29.8 Å². The summed E-state index contributed by atoms with van der Waals surface area (Å²) in [6, 6.07) is 15.7. The standard InChI is InChI=1S/C17H20ClN3OS.HI/c1-22-16-9-8-13(12-15(16)18)21-17(19)20-10-5-11-23-14-6-3-2-4-7-14;/h2-4,6-9,12H,5,10-11H2,1H3,(H3,19,20,21);1H. The van der Waals surface area contributed by atoms with Crippen LogP contribution in [0.5, 0.6) is 5.75 Å². The van der Waals surface area contributed by atoms with Crippen molar-refractivity contribution in [1.29, 1.82) is 0 Å². The summed E-state index contributed by atoms with van der Waals surface area (Å²) in [4.78, 5) is 5.59. The Kier molecular flexibility index (Phi) is 9.97. The molecule has 0 spiro atoms. The van der Waals surface area contributed by atoms with Gasteiger partial charge in [0.1, 0.15) is 5.75 Å². The zero-order valence-corrected chi connectivity index (χ0v) is 17.3. The molecule has 0 unspecified atom stereocenters. The number of aliphatic imine (C=N–C) groups is 1. The van der Waals surface area contributed by atoms with Gasteiger partial charge in [0, 0.05) is 17.1 Å². The number of guanidine groups is 1. The summed E-state index contributed by atoms with van der Waals surface area (Å²) in [5.41, 5.74) is 6.67. The normalized spacial score (nSPS) is 10.8. The molecule has 2 aromatic rings. The number of anilines is 1. The quantitative estimate of drug-likeness (QED) is 0.196. The minimum Gasteiger partial charge on any atom is -0.495 e. The lowest BCUT2D eigenvalue weighted by atomic mass is 10.3. The van der Waals surface area contributed by atoms with Gasteiger partial charge in [-0.15, -0.1) is 35.7 Å². The molecular weight excluding hydrogens is 457 g/mol. The van der Waals surface area contributed by atoms with Crippen LogP contribution in [0, 0.1) is 0 Å². The molecule has 0 radical (unpaired) electrons. The predicted molar refractivity (Wildman–Crippen MR) is 115 cm³/mol. The van der Waals surface area contributed by atoms with Gasteiger partial charge in [-0.25, -0.2) is 0 Å². The highest BCUT2D eigenvalue weighted by Gasteiger charge is 2.02. The number of halogens is 2. The lowest BCUT2D eigenvalue weighted by molar-refractivity contribution is 0.415. The highest BCUT2D eigenvalue weighted by Crippen LogP contribution is 2.27. The largest absolute Gasteiger partial charge is 0.495 e. The molecule has 0 saturated carbocycles. The van der Waals surface area contributed by atoms with Crippen LogP contribution in [0.3, 0.4) is 0 Å². The Morgan fingerprint density at radius 1 is 1.25 bits per heavy atom. The molecule has 0 aliphatic carbocycles. The van der Waals surface area contributed by atoms with E-state index in [1.54, 1.807) is 19.2 Å². The number of thioether (sulfide) groups is 1. The molecular formula is C17H21ClIN3OS. The molecule has 130 valence electrons. The van der Waals surface area contributed by atoms with Crippen LogP contribution in [-0.2, 0) is 0 Å². The molecule has 4 nitrogen and oxygen atoms in total. The van der Waals surface area contributed by atoms with Gasteiger partial charge in [-0.2, -0.15) is 0 Å². The lowest BCUT2D eigenvalue weighted by Gasteiger charge is -2.08. The van der Waals surface area contributed by atoms with Gasteiger partial charge in [0.15, 0.2) is 5.96 Å². The minimum absolute atomic E-state index is 0. The van der Waals surface area contributed by atoms with Gasteiger partial charge >= 0.3 is 0 Å². The van der Waals surface area contributed by atoms with Crippen LogP contribution in [0.1, 0.15) is 6.42 Å². The Balaban J connectivity index is 0.00000288. The Morgan fingerprint density at radius 3 is 2.67 bits per heavy atom. The fourth-order valence-corrected chi connectivity index (χ4v) is 3.02. The molecule has 3 N–H and O–H groups in total. The van der Waals surface area contributed by atoms with Gasteiger partial charge in [-0.05, 0) is 42.5 Å². The van der Waals surface area contributed by atoms with Crippen LogP contribution >= 0.6 is 47.3 Å². The summed E-state index contributed by atoms with van der Waals surface area (Å²) in [5.74, 6) is 2.02. The van der Waals surface area contributed by atoms with Crippen LogP contribution in [0.25, 0.3) is 0 Å². The zero-order valence-electron chi connectivity index (χ0n) is 13.4. The first kappa shape index (κ1) is 20.9. The molecule has 0 fully saturated rings. The average molecular weight is 478 g/mol. The Hall–Kier alpha value is -1.12. The van der Waals surface area contributed by atoms with Crippen LogP contribution in [0.4, 0.5) is 5.69 Å². The second-order valence-corrected chi connectivity index (χ2v) is 6.33. The molecule has 0 aromatic heterocycles. The first-order chi connectivity index (χ1) is 11.2. The number of ether oxygens (including phenoxy) is 1. The van der Waals surface area contributed by atoms with Gasteiger partial charge < -0.3 is 15.8 Å². The number of nitrogens with one attached hydrogen (secondary N) is 1. The number of methoxy groups -OCH3 is 1. The van der Waals surface area contributed by atoms with E-state index in [9.17, 15) is 0 Å². The van der Waals surface area contributed by atoms with Crippen LogP contribution < -0.4 is 15.8 Å². The molecule has 0 aliphatic heterocycles. The van der Waals surface area contributed by atoms with Gasteiger partial charge in [0.25, 0.3) is 0 Å². The van der Waals surface area contributed by atoms with Crippen molar-refractivity contribution in [2.75, 3.05) is 24.7 Å². The number of benzene rings is 2. The maximum atomic E-state index is 6.07. The second-order valence-electron chi connectivity index (χ2n) is 4.76. The molecule has 2 rings (SSSR count). The van der Waals surface area contributed by atoms with Crippen molar-refractivity contribution in [3.05, 3.63) is 53.6 Å². The molecule has 24 heavy (non-hydrogen) atoms. The van der Waals surface area contributed by atoms with Crippen molar-refractivity contribution in [3.63, 3.8) is 0 Å². The molecule has 2 aromatic carbocycles. The van der Waals surface area contributed by atoms with E-state index in [4.69, 9.17) is 22.1 Å². The number of nitrogens with two attached hydrogens (primary N) is 1. The van der Waals surface area contributed by atoms with Gasteiger partial charge in [-0.3, -0.25) is 4.99 Å². The SMILES string of the molecule is COc1ccc(NC(N)=NCCCSc2ccccc2)cc1Cl.I. The lowest BCUT2D eigenvalue weighted by Crippen LogP contribution is -2.22. The van der Waals surface area contributed by atoms with Crippen molar-refractivity contribution in [2.45, 2.75) is 11.3 Å². The summed E-state index contributed by atoms with van der Waals surface area (Å²) >= 11 is 7.89. The Labute approximate surface area is 169 Å². The van der Waals surface area contributed by atoms with E-state index in [-0.39, 0.29) is 24.0 Å². The van der Waals surface area contributed by atoms with E-state index in [2.05, 4.69) is 22.4 Å². The van der Waals surface area contributed by atoms with E-state index in [1.807, 2.05) is 36.0 Å². The molecule has 0 amide bonds. The van der Waals surface area contributed by atoms with Gasteiger partial charge in [0.2, 0.25) is 0 Å². The fraction of sp³-hybridized carbons (Fsp3) is 0.235. The first-order valence-corrected chi connectivity index (χ1v) is 8.63.